The standard InChI is InChI=1S/C25H36O6.2H2/c1-5-22(27)29-15(2)30-23(28)31-21-9-8-19-18-7-6-16-14-17(26)10-12-24(16,3)20(18)11-13-25(19,21)4;;/h14-15,18-21H,5-13H2,1-4H3;2*1H. The molecule has 0 radical (unpaired) electrons. The van der Waals surface area contributed by atoms with Crippen LogP contribution in [0.3, 0.4) is 0 Å². The fourth-order valence-electron chi connectivity index (χ4n) is 7.28. The predicted octanol–water partition coefficient (Wildman–Crippen LogP) is 5.83. The van der Waals surface area contributed by atoms with Crippen molar-refractivity contribution in [1.29, 1.82) is 0 Å². The first-order chi connectivity index (χ1) is 14.7. The molecule has 3 fully saturated rings. The molecule has 7 atom stereocenters. The van der Waals surface area contributed by atoms with Gasteiger partial charge in [-0.1, -0.05) is 26.3 Å². The number of carbonyl (C=O) groups excluding carboxylic acids is 3. The minimum Gasteiger partial charge on any atom is -0.430 e. The number of ketones is 1. The van der Waals surface area contributed by atoms with Gasteiger partial charge in [-0.15, -0.1) is 0 Å². The Morgan fingerprint density at radius 2 is 1.87 bits per heavy atom. The average Bonchev–Trinajstić information content (AvgIpc) is 3.04. The normalized spacial score (nSPS) is 40.0. The van der Waals surface area contributed by atoms with Gasteiger partial charge < -0.3 is 14.2 Å². The lowest BCUT2D eigenvalue weighted by atomic mass is 9.47. The highest BCUT2D eigenvalue weighted by atomic mass is 16.8. The van der Waals surface area contributed by atoms with E-state index in [0.717, 1.165) is 44.9 Å². The molecule has 0 saturated heterocycles. The summed E-state index contributed by atoms with van der Waals surface area (Å²) in [5.74, 6) is 1.63. The molecule has 0 aromatic rings. The summed E-state index contributed by atoms with van der Waals surface area (Å²) in [4.78, 5) is 35.7. The number of ether oxygens (including phenoxy) is 3. The van der Waals surface area contributed by atoms with Crippen LogP contribution in [0.1, 0.15) is 88.3 Å². The molecule has 0 bridgehead atoms. The van der Waals surface area contributed by atoms with Crippen LogP contribution in [0.25, 0.3) is 0 Å². The van der Waals surface area contributed by atoms with Crippen LogP contribution in [0.2, 0.25) is 0 Å². The number of allylic oxidation sites excluding steroid dienone is 1. The second kappa shape index (κ2) is 8.25. The molecule has 0 amide bonds. The van der Waals surface area contributed by atoms with Crippen molar-refractivity contribution in [3.05, 3.63) is 11.6 Å². The zero-order valence-electron chi connectivity index (χ0n) is 19.3. The molecule has 31 heavy (non-hydrogen) atoms. The lowest BCUT2D eigenvalue weighted by Crippen LogP contribution is -2.51. The Hall–Kier alpha value is -1.85. The van der Waals surface area contributed by atoms with Crippen LogP contribution in [0.4, 0.5) is 4.79 Å². The van der Waals surface area contributed by atoms with E-state index in [1.165, 1.54) is 12.5 Å². The van der Waals surface area contributed by atoms with E-state index in [1.54, 1.807) is 6.92 Å². The van der Waals surface area contributed by atoms with Gasteiger partial charge >= 0.3 is 12.1 Å². The number of carbonyl (C=O) groups is 3. The molecular formula is C25H40O6. The fourth-order valence-corrected chi connectivity index (χ4v) is 7.28. The average molecular weight is 437 g/mol. The summed E-state index contributed by atoms with van der Waals surface area (Å²) in [5, 5.41) is 0. The third-order valence-electron chi connectivity index (χ3n) is 8.96. The van der Waals surface area contributed by atoms with E-state index in [0.29, 0.717) is 30.0 Å². The minimum absolute atomic E-state index is 0. The predicted molar refractivity (Wildman–Crippen MR) is 118 cm³/mol. The monoisotopic (exact) mass is 436 g/mol. The van der Waals surface area contributed by atoms with E-state index < -0.39 is 18.4 Å². The van der Waals surface area contributed by atoms with Crippen LogP contribution in [-0.2, 0) is 23.8 Å². The highest BCUT2D eigenvalue weighted by Gasteiger charge is 2.60. The summed E-state index contributed by atoms with van der Waals surface area (Å²) >= 11 is 0. The molecule has 7 unspecified atom stereocenters. The maximum Gasteiger partial charge on any atom is 0.511 e. The van der Waals surface area contributed by atoms with Gasteiger partial charge in [-0.3, -0.25) is 9.59 Å². The molecule has 3 saturated carbocycles. The second-order valence-electron chi connectivity index (χ2n) is 10.5. The van der Waals surface area contributed by atoms with Crippen molar-refractivity contribution < 1.29 is 31.4 Å². The lowest BCUT2D eigenvalue weighted by Gasteiger charge is -2.57. The fraction of sp³-hybridized carbons (Fsp3) is 0.800. The highest BCUT2D eigenvalue weighted by molar-refractivity contribution is 5.91. The summed E-state index contributed by atoms with van der Waals surface area (Å²) in [6, 6.07) is 0. The third-order valence-corrected chi connectivity index (χ3v) is 8.96. The molecule has 6 nitrogen and oxygen atoms in total. The molecular weight excluding hydrogens is 396 g/mol. The van der Waals surface area contributed by atoms with Gasteiger partial charge in [0.15, 0.2) is 5.78 Å². The van der Waals surface area contributed by atoms with E-state index in [4.69, 9.17) is 14.2 Å². The van der Waals surface area contributed by atoms with Crippen LogP contribution in [0.5, 0.6) is 0 Å². The van der Waals surface area contributed by atoms with E-state index in [9.17, 15) is 14.4 Å². The van der Waals surface area contributed by atoms with Crippen molar-refractivity contribution in [2.45, 2.75) is 97.9 Å². The molecule has 4 rings (SSSR count). The summed E-state index contributed by atoms with van der Waals surface area (Å²) in [5.41, 5.74) is 1.47. The molecule has 0 aromatic heterocycles. The minimum atomic E-state index is -0.946. The molecule has 0 heterocycles. The van der Waals surface area contributed by atoms with Crippen LogP contribution >= 0.6 is 0 Å². The SMILES string of the molecule is CCC(=O)OC(C)OC(=O)OC1CCC2C3CCC4=CC(=O)CCC4(C)C3CCC12C.[HH].[HH]. The van der Waals surface area contributed by atoms with Crippen LogP contribution in [0.15, 0.2) is 11.6 Å². The Morgan fingerprint density at radius 3 is 2.61 bits per heavy atom. The first-order valence-electron chi connectivity index (χ1n) is 12.0. The number of hydrogen-bond donors (Lipinski definition) is 0. The largest absolute Gasteiger partial charge is 0.511 e. The van der Waals surface area contributed by atoms with Crippen molar-refractivity contribution >= 4 is 17.9 Å². The Morgan fingerprint density at radius 1 is 1.10 bits per heavy atom. The van der Waals surface area contributed by atoms with Crippen molar-refractivity contribution in [3.63, 3.8) is 0 Å². The van der Waals surface area contributed by atoms with Crippen molar-refractivity contribution in [1.82, 2.24) is 0 Å². The van der Waals surface area contributed by atoms with Gasteiger partial charge in [0.1, 0.15) is 6.10 Å². The van der Waals surface area contributed by atoms with Crippen molar-refractivity contribution in [3.8, 4) is 0 Å². The zero-order chi connectivity index (χ0) is 22.4. The first kappa shape index (κ1) is 22.3. The zero-order valence-corrected chi connectivity index (χ0v) is 19.3. The second-order valence-corrected chi connectivity index (χ2v) is 10.5. The van der Waals surface area contributed by atoms with E-state index in [2.05, 4.69) is 13.8 Å². The van der Waals surface area contributed by atoms with Gasteiger partial charge in [-0.2, -0.15) is 0 Å². The molecule has 176 valence electrons. The van der Waals surface area contributed by atoms with Crippen LogP contribution in [0, 0.1) is 28.6 Å². The number of esters is 1. The van der Waals surface area contributed by atoms with Crippen molar-refractivity contribution in [2.75, 3.05) is 0 Å². The molecule has 0 N–H and O–H groups in total. The van der Waals surface area contributed by atoms with Gasteiger partial charge in [0, 0.05) is 28.0 Å². The smallest absolute Gasteiger partial charge is 0.430 e. The summed E-state index contributed by atoms with van der Waals surface area (Å²) < 4.78 is 16.0. The third kappa shape index (κ3) is 3.91. The molecule has 0 aromatic carbocycles. The van der Waals surface area contributed by atoms with Gasteiger partial charge in [-0.25, -0.2) is 4.79 Å². The highest BCUT2D eigenvalue weighted by Crippen LogP contribution is 2.65. The summed E-state index contributed by atoms with van der Waals surface area (Å²) in [6.07, 6.45) is 8.14. The summed E-state index contributed by atoms with van der Waals surface area (Å²) in [6.45, 7) is 7.88. The summed E-state index contributed by atoms with van der Waals surface area (Å²) in [7, 11) is 0. The number of fused-ring (bicyclic) bond motifs is 5. The van der Waals surface area contributed by atoms with Gasteiger partial charge in [0.25, 0.3) is 0 Å². The number of hydrogen-bond acceptors (Lipinski definition) is 6. The maximum absolute atomic E-state index is 12.4. The number of rotatable bonds is 4. The van der Waals surface area contributed by atoms with Crippen molar-refractivity contribution in [2.24, 2.45) is 28.6 Å². The topological polar surface area (TPSA) is 78.9 Å². The molecule has 6 heteroatoms. The van der Waals surface area contributed by atoms with Gasteiger partial charge in [-0.05, 0) is 74.2 Å². The Labute approximate surface area is 188 Å². The lowest BCUT2D eigenvalue weighted by molar-refractivity contribution is -0.170. The van der Waals surface area contributed by atoms with Crippen LogP contribution in [-0.4, -0.2) is 30.3 Å². The van der Waals surface area contributed by atoms with E-state index in [1.807, 2.05) is 6.08 Å². The van der Waals surface area contributed by atoms with Gasteiger partial charge in [0.05, 0.1) is 0 Å². The van der Waals surface area contributed by atoms with E-state index >= 15 is 0 Å². The Bertz CT molecular complexity index is 798. The maximum atomic E-state index is 12.4. The van der Waals surface area contributed by atoms with Gasteiger partial charge in [0.2, 0.25) is 6.29 Å². The molecule has 4 aliphatic carbocycles. The molecule has 4 aliphatic rings. The van der Waals surface area contributed by atoms with E-state index in [-0.39, 0.29) is 26.2 Å². The molecule has 0 aliphatic heterocycles. The first-order valence-corrected chi connectivity index (χ1v) is 12.0. The quantitative estimate of drug-likeness (QED) is 0.407. The Balaban J connectivity index is 0.00000193. The van der Waals surface area contributed by atoms with Crippen LogP contribution < -0.4 is 0 Å². The molecule has 0 spiro atoms. The Kier molecular flexibility index (Phi) is 5.95.